The van der Waals surface area contributed by atoms with Gasteiger partial charge < -0.3 is 20.2 Å². The van der Waals surface area contributed by atoms with Crippen LogP contribution in [0.1, 0.15) is 30.6 Å². The molecule has 23 heavy (non-hydrogen) atoms. The molecule has 1 amide bonds. The van der Waals surface area contributed by atoms with Crippen molar-refractivity contribution in [3.05, 3.63) is 23.8 Å². The van der Waals surface area contributed by atoms with E-state index in [0.717, 1.165) is 31.9 Å². The number of carboxylic acid groups (broad SMARTS) is 1. The summed E-state index contributed by atoms with van der Waals surface area (Å²) in [6.45, 7) is 7.55. The van der Waals surface area contributed by atoms with Gasteiger partial charge in [0.05, 0.1) is 11.3 Å². The number of piperazine rings is 1. The summed E-state index contributed by atoms with van der Waals surface area (Å²) in [6, 6.07) is 5.22. The van der Waals surface area contributed by atoms with Gasteiger partial charge in [-0.1, -0.05) is 13.8 Å². The number of rotatable bonds is 5. The molecule has 0 bridgehead atoms. The number of nitrogens with zero attached hydrogens (tertiary/aromatic N) is 2. The molecule has 0 spiro atoms. The molecule has 0 aliphatic carbocycles. The molecule has 126 valence electrons. The van der Waals surface area contributed by atoms with Crippen molar-refractivity contribution in [1.82, 2.24) is 4.90 Å². The normalized spacial score (nSPS) is 15.7. The van der Waals surface area contributed by atoms with Crippen LogP contribution in [0, 0.1) is 5.92 Å². The number of amides is 1. The summed E-state index contributed by atoms with van der Waals surface area (Å²) in [5, 5.41) is 12.2. The Balaban J connectivity index is 2.18. The second-order valence-electron chi connectivity index (χ2n) is 6.47. The number of hydrogen-bond acceptors (Lipinski definition) is 4. The maximum atomic E-state index is 11.9. The van der Waals surface area contributed by atoms with E-state index in [1.165, 1.54) is 0 Å². The Kier molecular flexibility index (Phi) is 5.60. The van der Waals surface area contributed by atoms with Crippen molar-refractivity contribution in [2.75, 3.05) is 43.4 Å². The summed E-state index contributed by atoms with van der Waals surface area (Å²) in [5.74, 6) is -0.955. The van der Waals surface area contributed by atoms with Crippen molar-refractivity contribution in [2.24, 2.45) is 5.92 Å². The molecule has 1 aromatic rings. The first-order valence-corrected chi connectivity index (χ1v) is 7.97. The molecule has 0 radical (unpaired) electrons. The van der Waals surface area contributed by atoms with Gasteiger partial charge in [0.15, 0.2) is 0 Å². The zero-order chi connectivity index (χ0) is 17.0. The van der Waals surface area contributed by atoms with Gasteiger partial charge >= 0.3 is 5.97 Å². The molecule has 0 saturated carbocycles. The molecule has 1 aliphatic heterocycles. The van der Waals surface area contributed by atoms with Crippen molar-refractivity contribution >= 4 is 23.3 Å². The zero-order valence-electron chi connectivity index (χ0n) is 14.0. The summed E-state index contributed by atoms with van der Waals surface area (Å²) in [4.78, 5) is 27.9. The maximum absolute atomic E-state index is 11.9. The number of hydrogen-bond donors (Lipinski definition) is 2. The van der Waals surface area contributed by atoms with Crippen LogP contribution in [0.15, 0.2) is 18.2 Å². The van der Waals surface area contributed by atoms with Crippen LogP contribution in [0.5, 0.6) is 0 Å². The van der Waals surface area contributed by atoms with Gasteiger partial charge in [0.25, 0.3) is 0 Å². The van der Waals surface area contributed by atoms with Crippen LogP contribution < -0.4 is 10.2 Å². The highest BCUT2D eigenvalue weighted by Crippen LogP contribution is 2.25. The number of carbonyl (C=O) groups excluding carboxylic acids is 1. The highest BCUT2D eigenvalue weighted by Gasteiger charge is 2.18. The van der Waals surface area contributed by atoms with Crippen molar-refractivity contribution in [2.45, 2.75) is 20.3 Å². The average molecular weight is 319 g/mol. The lowest BCUT2D eigenvalue weighted by molar-refractivity contribution is -0.116. The molecule has 2 N–H and O–H groups in total. The maximum Gasteiger partial charge on any atom is 0.337 e. The highest BCUT2D eigenvalue weighted by atomic mass is 16.4. The monoisotopic (exact) mass is 319 g/mol. The average Bonchev–Trinajstić information content (AvgIpc) is 2.47. The van der Waals surface area contributed by atoms with E-state index in [2.05, 4.69) is 22.2 Å². The molecule has 6 heteroatoms. The van der Waals surface area contributed by atoms with Crippen LogP contribution in [0.4, 0.5) is 11.4 Å². The highest BCUT2D eigenvalue weighted by molar-refractivity contribution is 6.01. The Morgan fingerprint density at radius 2 is 1.87 bits per heavy atom. The van der Waals surface area contributed by atoms with Crippen LogP contribution in [0.25, 0.3) is 0 Å². The minimum absolute atomic E-state index is 0.138. The van der Waals surface area contributed by atoms with Crippen molar-refractivity contribution < 1.29 is 14.7 Å². The molecule has 2 rings (SSSR count). The van der Waals surface area contributed by atoms with Gasteiger partial charge in [0.2, 0.25) is 5.91 Å². The number of carboxylic acids is 1. The molecular weight excluding hydrogens is 294 g/mol. The van der Waals surface area contributed by atoms with E-state index < -0.39 is 5.97 Å². The number of aromatic carboxylic acids is 1. The van der Waals surface area contributed by atoms with E-state index in [0.29, 0.717) is 12.1 Å². The first-order chi connectivity index (χ1) is 10.9. The fraction of sp³-hybridized carbons (Fsp3) is 0.529. The predicted molar refractivity (Wildman–Crippen MR) is 91.2 cm³/mol. The van der Waals surface area contributed by atoms with Crippen LogP contribution in [-0.2, 0) is 4.79 Å². The largest absolute Gasteiger partial charge is 0.478 e. The Morgan fingerprint density at radius 1 is 1.22 bits per heavy atom. The van der Waals surface area contributed by atoms with Gasteiger partial charge in [0.1, 0.15) is 0 Å². The third-order valence-electron chi connectivity index (χ3n) is 3.97. The first kappa shape index (κ1) is 17.3. The second-order valence-corrected chi connectivity index (χ2v) is 6.47. The number of nitrogens with one attached hydrogen (secondary N) is 1. The molecule has 1 fully saturated rings. The Labute approximate surface area is 137 Å². The van der Waals surface area contributed by atoms with E-state index in [1.807, 2.05) is 19.9 Å². The number of carbonyl (C=O) groups is 2. The molecule has 1 heterocycles. The SMILES string of the molecule is CC(C)CC(=O)Nc1ccc(N2CCN(C)CC2)cc1C(=O)O. The van der Waals surface area contributed by atoms with Gasteiger partial charge in [-0.15, -0.1) is 0 Å². The number of anilines is 2. The van der Waals surface area contributed by atoms with Crippen molar-refractivity contribution in [3.63, 3.8) is 0 Å². The first-order valence-electron chi connectivity index (χ1n) is 7.97. The third-order valence-corrected chi connectivity index (χ3v) is 3.97. The molecule has 1 saturated heterocycles. The number of likely N-dealkylation sites (N-methyl/N-ethyl adjacent to an activating group) is 1. The van der Waals surface area contributed by atoms with Crippen molar-refractivity contribution in [3.8, 4) is 0 Å². The summed E-state index contributed by atoms with van der Waals surface area (Å²) in [6.07, 6.45) is 0.374. The Hall–Kier alpha value is -2.08. The predicted octanol–water partition coefficient (Wildman–Crippen LogP) is 2.12. The lowest BCUT2D eigenvalue weighted by atomic mass is 10.1. The smallest absolute Gasteiger partial charge is 0.337 e. The Morgan fingerprint density at radius 3 is 2.43 bits per heavy atom. The summed E-state index contributed by atoms with van der Waals surface area (Å²) in [5.41, 5.74) is 1.39. The number of benzene rings is 1. The van der Waals surface area contributed by atoms with Gasteiger partial charge in [-0.2, -0.15) is 0 Å². The van der Waals surface area contributed by atoms with Gasteiger partial charge in [-0.25, -0.2) is 4.79 Å². The van der Waals surface area contributed by atoms with Crippen LogP contribution in [-0.4, -0.2) is 55.1 Å². The van der Waals surface area contributed by atoms with Gasteiger partial charge in [0, 0.05) is 38.3 Å². The molecule has 1 aliphatic rings. The van der Waals surface area contributed by atoms with Crippen LogP contribution in [0.2, 0.25) is 0 Å². The third kappa shape index (κ3) is 4.69. The second kappa shape index (κ2) is 7.46. The van der Waals surface area contributed by atoms with E-state index in [1.54, 1.807) is 12.1 Å². The van der Waals surface area contributed by atoms with Crippen LogP contribution in [0.3, 0.4) is 0 Å². The van der Waals surface area contributed by atoms with E-state index in [-0.39, 0.29) is 17.4 Å². The lowest BCUT2D eigenvalue weighted by Gasteiger charge is -2.34. The van der Waals surface area contributed by atoms with E-state index in [9.17, 15) is 14.7 Å². The minimum Gasteiger partial charge on any atom is -0.478 e. The quantitative estimate of drug-likeness (QED) is 0.870. The molecule has 0 atom stereocenters. The molecule has 1 aromatic carbocycles. The van der Waals surface area contributed by atoms with Crippen molar-refractivity contribution in [1.29, 1.82) is 0 Å². The van der Waals surface area contributed by atoms with E-state index in [4.69, 9.17) is 0 Å². The minimum atomic E-state index is -1.03. The summed E-state index contributed by atoms with van der Waals surface area (Å²) < 4.78 is 0. The van der Waals surface area contributed by atoms with Gasteiger partial charge in [-0.3, -0.25) is 4.79 Å². The zero-order valence-corrected chi connectivity index (χ0v) is 14.0. The summed E-state index contributed by atoms with van der Waals surface area (Å²) >= 11 is 0. The molecular formula is C17H25N3O3. The molecule has 0 unspecified atom stereocenters. The van der Waals surface area contributed by atoms with Gasteiger partial charge in [-0.05, 0) is 31.2 Å². The van der Waals surface area contributed by atoms with E-state index >= 15 is 0 Å². The van der Waals surface area contributed by atoms with Crippen LogP contribution >= 0.6 is 0 Å². The fourth-order valence-electron chi connectivity index (χ4n) is 2.65. The summed E-state index contributed by atoms with van der Waals surface area (Å²) in [7, 11) is 2.08. The molecule has 6 nitrogen and oxygen atoms in total. The standard InChI is InChI=1S/C17H25N3O3/c1-12(2)10-16(21)18-15-5-4-13(11-14(15)17(22)23)20-8-6-19(3)7-9-20/h4-5,11-12H,6-10H2,1-3H3,(H,18,21)(H,22,23). The fourth-order valence-corrected chi connectivity index (χ4v) is 2.65. The topological polar surface area (TPSA) is 72.9 Å². The molecule has 0 aromatic heterocycles. The lowest BCUT2D eigenvalue weighted by Crippen LogP contribution is -2.44. The Bertz CT molecular complexity index is 578.